The Morgan fingerprint density at radius 1 is 1.43 bits per heavy atom. The van der Waals surface area contributed by atoms with Gasteiger partial charge in [0.1, 0.15) is 5.82 Å². The van der Waals surface area contributed by atoms with E-state index in [-0.39, 0.29) is 17.9 Å². The summed E-state index contributed by atoms with van der Waals surface area (Å²) in [6, 6.07) is 6.08. The average molecular weight is 316 g/mol. The Bertz CT molecular complexity index is 695. The number of amides is 2. The monoisotopic (exact) mass is 316 g/mol. The maximum atomic E-state index is 12.9. The van der Waals surface area contributed by atoms with Gasteiger partial charge in [-0.1, -0.05) is 12.1 Å². The first kappa shape index (κ1) is 15.5. The molecule has 1 atom stereocenters. The number of fused-ring (bicyclic) bond motifs is 1. The number of hydrogen-bond donors (Lipinski definition) is 1. The molecule has 0 radical (unpaired) electrons. The van der Waals surface area contributed by atoms with Gasteiger partial charge in [0.25, 0.3) is 0 Å². The number of hydrogen-bond acceptors (Lipinski definition) is 2. The summed E-state index contributed by atoms with van der Waals surface area (Å²) in [5.41, 5.74) is 3.21. The number of carbonyl (C=O) groups excluding carboxylic acids is 1. The van der Waals surface area contributed by atoms with E-state index < -0.39 is 0 Å². The van der Waals surface area contributed by atoms with E-state index in [1.54, 1.807) is 24.1 Å². The van der Waals surface area contributed by atoms with E-state index in [4.69, 9.17) is 0 Å². The van der Waals surface area contributed by atoms with Crippen molar-refractivity contribution in [2.45, 2.75) is 31.8 Å². The highest BCUT2D eigenvalue weighted by molar-refractivity contribution is 5.74. The number of halogens is 1. The van der Waals surface area contributed by atoms with Crippen LogP contribution >= 0.6 is 0 Å². The van der Waals surface area contributed by atoms with Crippen molar-refractivity contribution in [2.24, 2.45) is 7.05 Å². The number of aromatic nitrogens is 2. The summed E-state index contributed by atoms with van der Waals surface area (Å²) in [6.45, 7) is 0.443. The minimum absolute atomic E-state index is 0.00983. The highest BCUT2D eigenvalue weighted by atomic mass is 19.1. The Kier molecular flexibility index (Phi) is 4.32. The van der Waals surface area contributed by atoms with E-state index in [1.165, 1.54) is 17.8 Å². The summed E-state index contributed by atoms with van der Waals surface area (Å²) in [7, 11) is 3.68. The smallest absolute Gasteiger partial charge is 0.317 e. The lowest BCUT2D eigenvalue weighted by molar-refractivity contribution is 0.201. The van der Waals surface area contributed by atoms with E-state index in [2.05, 4.69) is 10.4 Å². The fourth-order valence-electron chi connectivity index (χ4n) is 3.05. The van der Waals surface area contributed by atoms with Gasteiger partial charge in [-0.2, -0.15) is 5.10 Å². The number of urea groups is 1. The summed E-state index contributed by atoms with van der Waals surface area (Å²) in [6.07, 6.45) is 4.82. The van der Waals surface area contributed by atoms with Crippen molar-refractivity contribution in [1.29, 1.82) is 0 Å². The maximum absolute atomic E-state index is 12.9. The molecule has 0 saturated heterocycles. The number of carbonyl (C=O) groups is 1. The normalized spacial score (nSPS) is 16.7. The Balaban J connectivity index is 1.64. The third-order valence-corrected chi connectivity index (χ3v) is 4.35. The lowest BCUT2D eigenvalue weighted by atomic mass is 9.93. The predicted octanol–water partition coefficient (Wildman–Crippen LogP) is 2.78. The predicted molar refractivity (Wildman–Crippen MR) is 85.3 cm³/mol. The number of rotatable bonds is 3. The van der Waals surface area contributed by atoms with Crippen molar-refractivity contribution < 1.29 is 9.18 Å². The van der Waals surface area contributed by atoms with Crippen molar-refractivity contribution in [3.63, 3.8) is 0 Å². The van der Waals surface area contributed by atoms with Crippen LogP contribution in [0.25, 0.3) is 0 Å². The molecular weight excluding hydrogens is 295 g/mol. The molecule has 0 spiro atoms. The van der Waals surface area contributed by atoms with Gasteiger partial charge in [-0.3, -0.25) is 4.68 Å². The van der Waals surface area contributed by atoms with Crippen LogP contribution in [0.2, 0.25) is 0 Å². The standard InChI is InChI=1S/C17H21FN4O/c1-21(11-12-6-8-13(18)9-7-12)17(23)20-15-4-3-5-16-14(15)10-19-22(16)2/h6-10,15H,3-5,11H2,1-2H3,(H,20,23)/t15-/m1/s1. The Morgan fingerprint density at radius 2 is 2.17 bits per heavy atom. The molecule has 0 unspecified atom stereocenters. The molecule has 1 N–H and O–H groups in total. The molecule has 0 bridgehead atoms. The summed E-state index contributed by atoms with van der Waals surface area (Å²) in [5.74, 6) is -0.271. The van der Waals surface area contributed by atoms with Crippen LogP contribution in [0.4, 0.5) is 9.18 Å². The highest BCUT2D eigenvalue weighted by Crippen LogP contribution is 2.29. The van der Waals surface area contributed by atoms with Crippen LogP contribution in [0.1, 0.15) is 35.7 Å². The number of nitrogens with zero attached hydrogens (tertiary/aromatic N) is 3. The van der Waals surface area contributed by atoms with Crippen molar-refractivity contribution in [1.82, 2.24) is 20.0 Å². The highest BCUT2D eigenvalue weighted by Gasteiger charge is 2.25. The van der Waals surface area contributed by atoms with Crippen LogP contribution in [-0.2, 0) is 20.0 Å². The summed E-state index contributed by atoms with van der Waals surface area (Å²) in [4.78, 5) is 14.0. The van der Waals surface area contributed by atoms with Crippen LogP contribution in [0.3, 0.4) is 0 Å². The SMILES string of the molecule is CN(Cc1ccc(F)cc1)C(=O)N[C@@H]1CCCc2c1cnn2C. The first-order chi connectivity index (χ1) is 11.0. The third-order valence-electron chi connectivity index (χ3n) is 4.35. The summed E-state index contributed by atoms with van der Waals surface area (Å²) < 4.78 is 14.8. The van der Waals surface area contributed by atoms with E-state index in [1.807, 2.05) is 17.9 Å². The van der Waals surface area contributed by atoms with Gasteiger partial charge in [0.15, 0.2) is 0 Å². The zero-order chi connectivity index (χ0) is 16.4. The molecule has 0 saturated carbocycles. The van der Waals surface area contributed by atoms with Crippen LogP contribution in [-0.4, -0.2) is 27.8 Å². The van der Waals surface area contributed by atoms with Crippen LogP contribution < -0.4 is 5.32 Å². The van der Waals surface area contributed by atoms with Crippen LogP contribution in [0.15, 0.2) is 30.5 Å². The molecule has 122 valence electrons. The van der Waals surface area contributed by atoms with Gasteiger partial charge in [0, 0.05) is 31.9 Å². The molecule has 1 heterocycles. The van der Waals surface area contributed by atoms with Gasteiger partial charge in [-0.25, -0.2) is 9.18 Å². The number of aryl methyl sites for hydroxylation is 1. The Morgan fingerprint density at radius 3 is 2.91 bits per heavy atom. The molecule has 0 aliphatic heterocycles. The van der Waals surface area contributed by atoms with Gasteiger partial charge < -0.3 is 10.2 Å². The molecule has 1 aromatic heterocycles. The zero-order valence-corrected chi connectivity index (χ0v) is 13.4. The Hall–Kier alpha value is -2.37. The van der Waals surface area contributed by atoms with E-state index >= 15 is 0 Å². The topological polar surface area (TPSA) is 50.2 Å². The van der Waals surface area contributed by atoms with Crippen molar-refractivity contribution in [3.05, 3.63) is 53.1 Å². The molecule has 6 heteroatoms. The molecule has 2 aromatic rings. The van der Waals surface area contributed by atoms with Gasteiger partial charge in [-0.15, -0.1) is 0 Å². The Labute approximate surface area is 135 Å². The summed E-state index contributed by atoms with van der Waals surface area (Å²) in [5, 5.41) is 7.37. The molecule has 1 aromatic carbocycles. The van der Waals surface area contributed by atoms with Crippen molar-refractivity contribution in [3.8, 4) is 0 Å². The fraction of sp³-hybridized carbons (Fsp3) is 0.412. The maximum Gasteiger partial charge on any atom is 0.317 e. The molecule has 2 amide bonds. The van der Waals surface area contributed by atoms with E-state index in [0.717, 1.165) is 30.4 Å². The van der Waals surface area contributed by atoms with E-state index in [9.17, 15) is 9.18 Å². The number of benzene rings is 1. The van der Waals surface area contributed by atoms with Crippen LogP contribution in [0.5, 0.6) is 0 Å². The molecule has 1 aliphatic carbocycles. The second kappa shape index (κ2) is 6.40. The first-order valence-electron chi connectivity index (χ1n) is 7.81. The van der Waals surface area contributed by atoms with Crippen molar-refractivity contribution >= 4 is 6.03 Å². The zero-order valence-electron chi connectivity index (χ0n) is 13.4. The molecule has 5 nitrogen and oxygen atoms in total. The molecular formula is C17H21FN4O. The molecule has 1 aliphatic rings. The van der Waals surface area contributed by atoms with Gasteiger partial charge in [-0.05, 0) is 37.0 Å². The lowest BCUT2D eigenvalue weighted by Gasteiger charge is -2.26. The third kappa shape index (κ3) is 3.36. The second-order valence-electron chi connectivity index (χ2n) is 6.05. The van der Waals surface area contributed by atoms with Crippen molar-refractivity contribution in [2.75, 3.05) is 7.05 Å². The van der Waals surface area contributed by atoms with Gasteiger partial charge in [0.05, 0.1) is 12.2 Å². The quantitative estimate of drug-likeness (QED) is 0.946. The number of nitrogens with one attached hydrogen (secondary N) is 1. The largest absolute Gasteiger partial charge is 0.331 e. The van der Waals surface area contributed by atoms with Crippen LogP contribution in [0, 0.1) is 5.82 Å². The minimum atomic E-state index is -0.271. The van der Waals surface area contributed by atoms with Gasteiger partial charge in [0.2, 0.25) is 0 Å². The van der Waals surface area contributed by atoms with Gasteiger partial charge >= 0.3 is 6.03 Å². The molecule has 3 rings (SSSR count). The lowest BCUT2D eigenvalue weighted by Crippen LogP contribution is -2.39. The molecule has 0 fully saturated rings. The first-order valence-corrected chi connectivity index (χ1v) is 7.81. The van der Waals surface area contributed by atoms with E-state index in [0.29, 0.717) is 6.54 Å². The average Bonchev–Trinajstić information content (AvgIpc) is 2.92. The fourth-order valence-corrected chi connectivity index (χ4v) is 3.05. The second-order valence-corrected chi connectivity index (χ2v) is 6.05. The summed E-state index contributed by atoms with van der Waals surface area (Å²) >= 11 is 0. The minimum Gasteiger partial charge on any atom is -0.331 e. The molecule has 23 heavy (non-hydrogen) atoms.